The summed E-state index contributed by atoms with van der Waals surface area (Å²) in [6.07, 6.45) is 5.85. The summed E-state index contributed by atoms with van der Waals surface area (Å²) in [4.78, 5) is 29.3. The van der Waals surface area contributed by atoms with Crippen molar-refractivity contribution < 1.29 is 14.3 Å². The van der Waals surface area contributed by atoms with E-state index in [9.17, 15) is 9.59 Å². The van der Waals surface area contributed by atoms with Crippen molar-refractivity contribution >= 4 is 11.9 Å². The first kappa shape index (κ1) is 21.6. The van der Waals surface area contributed by atoms with Crippen LogP contribution in [-0.4, -0.2) is 77.8 Å². The maximum atomic E-state index is 13.4. The van der Waals surface area contributed by atoms with Crippen LogP contribution in [0.2, 0.25) is 0 Å². The van der Waals surface area contributed by atoms with Crippen LogP contribution in [0, 0.1) is 5.41 Å². The molecule has 174 valence electrons. The smallest absolute Gasteiger partial charge is 0.336 e. The molecule has 2 aromatic rings. The molecule has 1 amide bonds. The number of ether oxygens (including phenoxy) is 1. The Labute approximate surface area is 191 Å². The summed E-state index contributed by atoms with van der Waals surface area (Å²) in [7, 11) is 2.10. The summed E-state index contributed by atoms with van der Waals surface area (Å²) >= 11 is 0. The van der Waals surface area contributed by atoms with Crippen LogP contribution in [0.1, 0.15) is 51.6 Å². The molecule has 0 aromatic carbocycles. The molecule has 2 fully saturated rings. The molecule has 1 saturated carbocycles. The van der Waals surface area contributed by atoms with Gasteiger partial charge in [-0.2, -0.15) is 9.78 Å². The van der Waals surface area contributed by atoms with Crippen molar-refractivity contribution in [1.82, 2.24) is 40.2 Å². The van der Waals surface area contributed by atoms with E-state index in [0.29, 0.717) is 24.5 Å². The first-order valence-electron chi connectivity index (χ1n) is 11.3. The van der Waals surface area contributed by atoms with Crippen molar-refractivity contribution in [2.75, 3.05) is 20.2 Å². The SMILES string of the molecule is CC1=C(N2CCC3(CCC(C)(N(C)Cc4ccc(-n5cnnn5)nn4)CC3)C2=O)COC1=O. The molecule has 1 saturated heterocycles. The van der Waals surface area contributed by atoms with Crippen LogP contribution >= 0.6 is 0 Å². The molecular formula is C22H28N8O3. The number of carbonyl (C=O) groups excluding carboxylic acids is 2. The van der Waals surface area contributed by atoms with Crippen LogP contribution in [0.15, 0.2) is 29.7 Å². The lowest BCUT2D eigenvalue weighted by Gasteiger charge is -2.47. The number of cyclic esters (lactones) is 1. The lowest BCUT2D eigenvalue weighted by molar-refractivity contribution is -0.139. The first-order chi connectivity index (χ1) is 15.8. The van der Waals surface area contributed by atoms with E-state index >= 15 is 0 Å². The fourth-order valence-corrected chi connectivity index (χ4v) is 5.20. The van der Waals surface area contributed by atoms with Gasteiger partial charge in [0.25, 0.3) is 0 Å². The second-order valence-corrected chi connectivity index (χ2v) is 9.63. The number of hydrogen-bond acceptors (Lipinski definition) is 9. The maximum Gasteiger partial charge on any atom is 0.336 e. The van der Waals surface area contributed by atoms with Gasteiger partial charge < -0.3 is 9.64 Å². The lowest BCUT2D eigenvalue weighted by atomic mass is 9.66. The van der Waals surface area contributed by atoms with Crippen molar-refractivity contribution in [3.05, 3.63) is 35.4 Å². The Hall–Kier alpha value is -3.21. The highest BCUT2D eigenvalue weighted by Crippen LogP contribution is 2.50. The Bertz CT molecular complexity index is 1090. The predicted octanol–water partition coefficient (Wildman–Crippen LogP) is 1.27. The molecule has 11 nitrogen and oxygen atoms in total. The minimum atomic E-state index is -0.327. The Morgan fingerprint density at radius 3 is 2.52 bits per heavy atom. The number of aromatic nitrogens is 6. The highest BCUT2D eigenvalue weighted by molar-refractivity contribution is 5.94. The van der Waals surface area contributed by atoms with E-state index in [0.717, 1.165) is 43.5 Å². The number of esters is 1. The molecule has 4 heterocycles. The minimum Gasteiger partial charge on any atom is -0.456 e. The summed E-state index contributed by atoms with van der Waals surface area (Å²) in [5.41, 5.74) is 1.82. The second-order valence-electron chi connectivity index (χ2n) is 9.63. The van der Waals surface area contributed by atoms with Gasteiger partial charge in [-0.15, -0.1) is 10.2 Å². The molecule has 0 bridgehead atoms. The van der Waals surface area contributed by atoms with E-state index < -0.39 is 0 Å². The molecule has 3 aliphatic rings. The number of nitrogens with zero attached hydrogens (tertiary/aromatic N) is 8. The fourth-order valence-electron chi connectivity index (χ4n) is 5.20. The number of tetrazole rings is 1. The molecule has 0 unspecified atom stereocenters. The average Bonchev–Trinajstić information content (AvgIpc) is 3.54. The Morgan fingerprint density at radius 2 is 1.91 bits per heavy atom. The molecule has 0 radical (unpaired) electrons. The van der Waals surface area contributed by atoms with Crippen molar-refractivity contribution in [3.63, 3.8) is 0 Å². The van der Waals surface area contributed by atoms with E-state index in [2.05, 4.69) is 44.6 Å². The van der Waals surface area contributed by atoms with Gasteiger partial charge >= 0.3 is 5.97 Å². The zero-order chi connectivity index (χ0) is 23.2. The minimum absolute atomic E-state index is 0.0310. The van der Waals surface area contributed by atoms with Crippen molar-refractivity contribution in [2.24, 2.45) is 5.41 Å². The molecule has 33 heavy (non-hydrogen) atoms. The van der Waals surface area contributed by atoms with Gasteiger partial charge in [-0.1, -0.05) is 0 Å². The van der Waals surface area contributed by atoms with Gasteiger partial charge in [0.15, 0.2) is 5.82 Å². The van der Waals surface area contributed by atoms with Crippen molar-refractivity contribution in [3.8, 4) is 5.82 Å². The van der Waals surface area contributed by atoms with Gasteiger partial charge in [0.05, 0.1) is 22.4 Å². The van der Waals surface area contributed by atoms with Gasteiger partial charge in [0, 0.05) is 18.6 Å². The number of hydrogen-bond donors (Lipinski definition) is 0. The fraction of sp³-hybridized carbons (Fsp3) is 0.591. The Kier molecular flexibility index (Phi) is 5.23. The summed E-state index contributed by atoms with van der Waals surface area (Å²) in [5.74, 6) is 0.413. The number of rotatable bonds is 5. The van der Waals surface area contributed by atoms with Crippen LogP contribution in [0.5, 0.6) is 0 Å². The predicted molar refractivity (Wildman–Crippen MR) is 116 cm³/mol. The van der Waals surface area contributed by atoms with Crippen LogP contribution in [0.4, 0.5) is 0 Å². The second kappa shape index (κ2) is 7.98. The average molecular weight is 453 g/mol. The van der Waals surface area contributed by atoms with E-state index in [1.165, 1.54) is 11.0 Å². The normalized spacial score (nSPS) is 27.8. The largest absolute Gasteiger partial charge is 0.456 e. The lowest BCUT2D eigenvalue weighted by Crippen LogP contribution is -2.50. The number of carbonyl (C=O) groups is 2. The molecule has 1 aliphatic carbocycles. The third-order valence-corrected chi connectivity index (χ3v) is 7.81. The van der Waals surface area contributed by atoms with E-state index in [4.69, 9.17) is 4.74 Å². The molecule has 0 N–H and O–H groups in total. The summed E-state index contributed by atoms with van der Waals surface area (Å²) in [6, 6.07) is 3.79. The number of likely N-dealkylation sites (tertiary alicyclic amines) is 1. The standard InChI is InChI=1S/C22H28N8O3/c1-15-17(13-33-19(15)31)29-11-10-22(20(29)32)8-6-21(2,7-9-22)28(3)12-16-4-5-18(25-24-16)30-14-23-26-27-30/h4-5,14H,6-13H2,1-3H3. The summed E-state index contributed by atoms with van der Waals surface area (Å²) in [6.45, 7) is 5.54. The van der Waals surface area contributed by atoms with E-state index in [1.54, 1.807) is 11.8 Å². The molecule has 0 atom stereocenters. The van der Waals surface area contributed by atoms with Gasteiger partial charge in [-0.05, 0) is 75.6 Å². The number of amides is 1. The molecular weight excluding hydrogens is 424 g/mol. The van der Waals surface area contributed by atoms with Gasteiger partial charge in [0.1, 0.15) is 12.9 Å². The van der Waals surface area contributed by atoms with Gasteiger partial charge in [-0.25, -0.2) is 4.79 Å². The van der Waals surface area contributed by atoms with Crippen molar-refractivity contribution in [2.45, 2.75) is 58.0 Å². The monoisotopic (exact) mass is 452 g/mol. The van der Waals surface area contributed by atoms with Crippen LogP contribution in [0.25, 0.3) is 5.82 Å². The topological polar surface area (TPSA) is 119 Å². The molecule has 2 aromatic heterocycles. The van der Waals surface area contributed by atoms with E-state index in [-0.39, 0.29) is 29.4 Å². The first-order valence-corrected chi connectivity index (χ1v) is 11.3. The highest BCUT2D eigenvalue weighted by atomic mass is 16.5. The molecule has 5 rings (SSSR count). The van der Waals surface area contributed by atoms with Gasteiger partial charge in [-0.3, -0.25) is 9.69 Å². The van der Waals surface area contributed by atoms with E-state index in [1.807, 2.05) is 12.1 Å². The Morgan fingerprint density at radius 1 is 1.12 bits per heavy atom. The highest BCUT2D eigenvalue weighted by Gasteiger charge is 2.52. The third kappa shape index (κ3) is 3.69. The quantitative estimate of drug-likeness (QED) is 0.618. The Balaban J connectivity index is 1.22. The summed E-state index contributed by atoms with van der Waals surface area (Å²) in [5, 5.41) is 19.6. The molecule has 1 spiro atoms. The zero-order valence-electron chi connectivity index (χ0n) is 19.2. The van der Waals surface area contributed by atoms with Gasteiger partial charge in [0.2, 0.25) is 5.91 Å². The van der Waals surface area contributed by atoms with Crippen LogP contribution < -0.4 is 0 Å². The summed E-state index contributed by atoms with van der Waals surface area (Å²) < 4.78 is 6.60. The van der Waals surface area contributed by atoms with Crippen LogP contribution in [-0.2, 0) is 20.9 Å². The molecule has 2 aliphatic heterocycles. The van der Waals surface area contributed by atoms with Crippen LogP contribution in [0.3, 0.4) is 0 Å². The van der Waals surface area contributed by atoms with Crippen molar-refractivity contribution in [1.29, 1.82) is 0 Å². The maximum absolute atomic E-state index is 13.4. The molecule has 11 heteroatoms. The zero-order valence-corrected chi connectivity index (χ0v) is 19.2. The third-order valence-electron chi connectivity index (χ3n) is 7.81.